The minimum atomic E-state index is -0.0438. The van der Waals surface area contributed by atoms with Gasteiger partial charge in [-0.3, -0.25) is 4.79 Å². The third-order valence-corrected chi connectivity index (χ3v) is 4.81. The fourth-order valence-corrected chi connectivity index (χ4v) is 3.18. The van der Waals surface area contributed by atoms with Gasteiger partial charge in [0.15, 0.2) is 5.16 Å². The Balaban J connectivity index is 2.19. The molecule has 0 aliphatic carbocycles. The Morgan fingerprint density at radius 2 is 1.89 bits per heavy atom. The predicted molar refractivity (Wildman–Crippen MR) is 114 cm³/mol. The highest BCUT2D eigenvalue weighted by Gasteiger charge is 2.19. The van der Waals surface area contributed by atoms with Crippen LogP contribution in [0.25, 0.3) is 0 Å². The van der Waals surface area contributed by atoms with E-state index in [1.165, 1.54) is 0 Å². The number of nitrogens with zero attached hydrogens (tertiary/aromatic N) is 3. The van der Waals surface area contributed by atoms with E-state index < -0.39 is 0 Å². The quantitative estimate of drug-likeness (QED) is 0.593. The van der Waals surface area contributed by atoms with E-state index >= 15 is 0 Å². The maximum atomic E-state index is 12.2. The van der Waals surface area contributed by atoms with Gasteiger partial charge in [0, 0.05) is 42.9 Å². The zero-order chi connectivity index (χ0) is 20.2. The molecule has 0 saturated carbocycles. The largest absolute Gasteiger partial charge is 0.363 e. The summed E-state index contributed by atoms with van der Waals surface area (Å²) in [4.78, 5) is 23.6. The minimum absolute atomic E-state index is 0.0438. The Morgan fingerprint density at radius 1 is 1.19 bits per heavy atom. The monoisotopic (exact) mass is 386 g/mol. The number of rotatable bonds is 6. The zero-order valence-corrected chi connectivity index (χ0v) is 18.1. The number of anilines is 1. The standard InChI is InChI=1S/C21H30N4OS/c1-14(2)22-19(26)16-10-8-9-15(11-16)13-27-20-23-17(21(3,4)5)12-18(24-20)25(6)7/h8-12,14H,13H2,1-7H3,(H,22,26). The van der Waals surface area contributed by atoms with Crippen molar-refractivity contribution in [3.8, 4) is 0 Å². The van der Waals surface area contributed by atoms with Crippen molar-refractivity contribution in [1.82, 2.24) is 15.3 Å². The molecule has 27 heavy (non-hydrogen) atoms. The molecule has 0 aliphatic heterocycles. The van der Waals surface area contributed by atoms with Crippen LogP contribution in [0, 0.1) is 0 Å². The van der Waals surface area contributed by atoms with Crippen LogP contribution in [0.2, 0.25) is 0 Å². The highest BCUT2D eigenvalue weighted by atomic mass is 32.2. The van der Waals surface area contributed by atoms with Gasteiger partial charge in [-0.15, -0.1) is 0 Å². The van der Waals surface area contributed by atoms with Gasteiger partial charge in [0.05, 0.1) is 5.69 Å². The van der Waals surface area contributed by atoms with Crippen molar-refractivity contribution in [2.24, 2.45) is 0 Å². The van der Waals surface area contributed by atoms with Crippen LogP contribution in [0.15, 0.2) is 35.5 Å². The maximum Gasteiger partial charge on any atom is 0.251 e. The highest BCUT2D eigenvalue weighted by Crippen LogP contribution is 2.27. The summed E-state index contributed by atoms with van der Waals surface area (Å²) in [7, 11) is 3.97. The summed E-state index contributed by atoms with van der Waals surface area (Å²) in [6.07, 6.45) is 0. The molecule has 2 aromatic rings. The summed E-state index contributed by atoms with van der Waals surface area (Å²) in [6, 6.07) is 9.88. The van der Waals surface area contributed by atoms with Crippen molar-refractivity contribution in [3.63, 3.8) is 0 Å². The van der Waals surface area contributed by atoms with Gasteiger partial charge in [-0.2, -0.15) is 0 Å². The van der Waals surface area contributed by atoms with Gasteiger partial charge in [-0.25, -0.2) is 9.97 Å². The number of carbonyl (C=O) groups is 1. The van der Waals surface area contributed by atoms with Crippen LogP contribution in [0.1, 0.15) is 56.2 Å². The zero-order valence-electron chi connectivity index (χ0n) is 17.3. The number of nitrogens with one attached hydrogen (secondary N) is 1. The Labute approximate surface area is 167 Å². The van der Waals surface area contributed by atoms with Crippen molar-refractivity contribution in [1.29, 1.82) is 0 Å². The predicted octanol–water partition coefficient (Wildman–Crippen LogP) is 4.27. The molecule has 0 bridgehead atoms. The van der Waals surface area contributed by atoms with E-state index in [0.29, 0.717) is 11.3 Å². The Kier molecular flexibility index (Phi) is 6.87. The first-order valence-corrected chi connectivity index (χ1v) is 10.1. The van der Waals surface area contributed by atoms with Crippen LogP contribution >= 0.6 is 11.8 Å². The molecule has 1 aromatic carbocycles. The molecule has 1 amide bonds. The van der Waals surface area contributed by atoms with Crippen LogP contribution in [0.4, 0.5) is 5.82 Å². The van der Waals surface area contributed by atoms with E-state index in [4.69, 9.17) is 4.98 Å². The molecule has 0 spiro atoms. The summed E-state index contributed by atoms with van der Waals surface area (Å²) in [5.41, 5.74) is 2.74. The first-order valence-electron chi connectivity index (χ1n) is 9.16. The third-order valence-electron chi connectivity index (χ3n) is 3.90. The highest BCUT2D eigenvalue weighted by molar-refractivity contribution is 7.98. The molecule has 0 saturated heterocycles. The number of hydrogen-bond donors (Lipinski definition) is 1. The third kappa shape index (κ3) is 6.24. The van der Waals surface area contributed by atoms with Gasteiger partial charge in [0.2, 0.25) is 0 Å². The van der Waals surface area contributed by atoms with Gasteiger partial charge in [-0.1, -0.05) is 44.7 Å². The molecular weight excluding hydrogens is 356 g/mol. The van der Waals surface area contributed by atoms with E-state index in [1.807, 2.05) is 63.2 Å². The lowest BCUT2D eigenvalue weighted by atomic mass is 9.92. The van der Waals surface area contributed by atoms with E-state index in [-0.39, 0.29) is 17.4 Å². The molecule has 0 fully saturated rings. The fourth-order valence-electron chi connectivity index (χ4n) is 2.39. The lowest BCUT2D eigenvalue weighted by Crippen LogP contribution is -2.30. The number of carbonyl (C=O) groups excluding carboxylic acids is 1. The van der Waals surface area contributed by atoms with Crippen LogP contribution in [-0.2, 0) is 11.2 Å². The van der Waals surface area contributed by atoms with E-state index in [1.54, 1.807) is 11.8 Å². The molecular formula is C21H30N4OS. The van der Waals surface area contributed by atoms with Crippen LogP contribution < -0.4 is 10.2 Å². The number of hydrogen-bond acceptors (Lipinski definition) is 5. The number of thioether (sulfide) groups is 1. The van der Waals surface area contributed by atoms with Crippen molar-refractivity contribution < 1.29 is 4.79 Å². The van der Waals surface area contributed by atoms with Gasteiger partial charge in [0.1, 0.15) is 5.82 Å². The van der Waals surface area contributed by atoms with Gasteiger partial charge in [0.25, 0.3) is 5.91 Å². The summed E-state index contributed by atoms with van der Waals surface area (Å²) < 4.78 is 0. The molecule has 1 aromatic heterocycles. The topological polar surface area (TPSA) is 58.1 Å². The second-order valence-electron chi connectivity index (χ2n) is 8.16. The molecule has 0 unspecified atom stereocenters. The number of amides is 1. The average Bonchev–Trinajstić information content (AvgIpc) is 2.58. The van der Waals surface area contributed by atoms with Crippen LogP contribution in [0.5, 0.6) is 0 Å². The second kappa shape index (κ2) is 8.74. The molecule has 146 valence electrons. The Morgan fingerprint density at radius 3 is 2.48 bits per heavy atom. The second-order valence-corrected chi connectivity index (χ2v) is 9.10. The van der Waals surface area contributed by atoms with Crippen molar-refractivity contribution in [2.45, 2.75) is 57.0 Å². The lowest BCUT2D eigenvalue weighted by molar-refractivity contribution is 0.0943. The first-order chi connectivity index (χ1) is 12.6. The molecule has 6 heteroatoms. The van der Waals surface area contributed by atoms with Gasteiger partial charge < -0.3 is 10.2 Å². The van der Waals surface area contributed by atoms with Crippen molar-refractivity contribution in [2.75, 3.05) is 19.0 Å². The fraction of sp³-hybridized carbons (Fsp3) is 0.476. The summed E-state index contributed by atoms with van der Waals surface area (Å²) in [5.74, 6) is 1.57. The van der Waals surface area contributed by atoms with Crippen molar-refractivity contribution in [3.05, 3.63) is 47.2 Å². The minimum Gasteiger partial charge on any atom is -0.363 e. The van der Waals surface area contributed by atoms with Crippen LogP contribution in [0.3, 0.4) is 0 Å². The van der Waals surface area contributed by atoms with E-state index in [2.05, 4.69) is 31.1 Å². The lowest BCUT2D eigenvalue weighted by Gasteiger charge is -2.21. The van der Waals surface area contributed by atoms with E-state index in [0.717, 1.165) is 22.2 Å². The first kappa shape index (κ1) is 21.2. The number of benzene rings is 1. The summed E-state index contributed by atoms with van der Waals surface area (Å²) >= 11 is 1.59. The Hall–Kier alpha value is -2.08. The maximum absolute atomic E-state index is 12.2. The summed E-state index contributed by atoms with van der Waals surface area (Å²) in [5, 5.41) is 3.68. The summed E-state index contributed by atoms with van der Waals surface area (Å²) in [6.45, 7) is 10.4. The van der Waals surface area contributed by atoms with Crippen molar-refractivity contribution >= 4 is 23.5 Å². The molecule has 0 aliphatic rings. The van der Waals surface area contributed by atoms with Crippen LogP contribution in [-0.4, -0.2) is 36.0 Å². The smallest absolute Gasteiger partial charge is 0.251 e. The normalized spacial score (nSPS) is 11.6. The van der Waals surface area contributed by atoms with Gasteiger partial charge >= 0.3 is 0 Å². The molecule has 0 radical (unpaired) electrons. The van der Waals surface area contributed by atoms with E-state index in [9.17, 15) is 4.79 Å². The molecule has 1 heterocycles. The number of aromatic nitrogens is 2. The van der Waals surface area contributed by atoms with Gasteiger partial charge in [-0.05, 0) is 31.5 Å². The Bertz CT molecular complexity index is 797. The molecule has 0 atom stereocenters. The average molecular weight is 387 g/mol. The SMILES string of the molecule is CC(C)NC(=O)c1cccc(CSc2nc(N(C)C)cc(C(C)(C)C)n2)c1. The molecule has 5 nitrogen and oxygen atoms in total. The molecule has 2 rings (SSSR count). The molecule has 1 N–H and O–H groups in total.